The monoisotopic (exact) mass is 280 g/mol. The average molecular weight is 280 g/mol. The van der Waals surface area contributed by atoms with Gasteiger partial charge in [0, 0.05) is 30.2 Å². The quantitative estimate of drug-likeness (QED) is 0.910. The van der Waals surface area contributed by atoms with Gasteiger partial charge in [-0.2, -0.15) is 0 Å². The van der Waals surface area contributed by atoms with E-state index in [1.165, 1.54) is 0 Å². The Morgan fingerprint density at radius 1 is 1.26 bits per heavy atom. The Bertz CT molecular complexity index is 672. The summed E-state index contributed by atoms with van der Waals surface area (Å²) in [7, 11) is -3.01. The maximum absolute atomic E-state index is 11.9. The molecule has 19 heavy (non-hydrogen) atoms. The minimum atomic E-state index is -3.01. The summed E-state index contributed by atoms with van der Waals surface area (Å²) in [5, 5.41) is 0.773. The molecule has 104 valence electrons. The highest BCUT2D eigenvalue weighted by Crippen LogP contribution is 2.21. The summed E-state index contributed by atoms with van der Waals surface area (Å²) in [6, 6.07) is 7.94. The van der Waals surface area contributed by atoms with Crippen molar-refractivity contribution in [3.63, 3.8) is 0 Å². The zero-order valence-corrected chi connectivity index (χ0v) is 12.2. The van der Waals surface area contributed by atoms with Gasteiger partial charge in [0.1, 0.15) is 0 Å². The Kier molecular flexibility index (Phi) is 3.96. The van der Waals surface area contributed by atoms with Gasteiger partial charge in [0.15, 0.2) is 9.84 Å². The molecule has 0 aliphatic heterocycles. The second kappa shape index (κ2) is 5.35. The van der Waals surface area contributed by atoms with Gasteiger partial charge in [-0.3, -0.25) is 0 Å². The lowest BCUT2D eigenvalue weighted by atomic mass is 10.2. The highest BCUT2D eigenvalue weighted by atomic mass is 32.2. The van der Waals surface area contributed by atoms with Crippen LogP contribution in [0.5, 0.6) is 0 Å². The third-order valence-electron chi connectivity index (χ3n) is 3.43. The summed E-state index contributed by atoms with van der Waals surface area (Å²) in [6.07, 6.45) is 1.96. The number of hydrogen-bond acceptors (Lipinski definition) is 3. The Morgan fingerprint density at radius 3 is 2.58 bits per heavy atom. The SMILES string of the molecule is CC(C)S(=O)(=O)CCn1cc(CN)c2ccccc21. The van der Waals surface area contributed by atoms with Gasteiger partial charge < -0.3 is 10.3 Å². The lowest BCUT2D eigenvalue weighted by Gasteiger charge is -2.09. The molecule has 0 saturated heterocycles. The molecule has 1 aromatic heterocycles. The molecule has 0 atom stereocenters. The number of nitrogens with zero attached hydrogens (tertiary/aromatic N) is 1. The Hall–Kier alpha value is -1.33. The third kappa shape index (κ3) is 2.82. The molecule has 2 aromatic rings. The Balaban J connectivity index is 2.32. The van der Waals surface area contributed by atoms with Gasteiger partial charge in [-0.1, -0.05) is 18.2 Å². The minimum absolute atomic E-state index is 0.160. The lowest BCUT2D eigenvalue weighted by molar-refractivity contribution is 0.581. The van der Waals surface area contributed by atoms with Crippen molar-refractivity contribution in [2.75, 3.05) is 5.75 Å². The fraction of sp³-hybridized carbons (Fsp3) is 0.429. The van der Waals surface area contributed by atoms with Gasteiger partial charge >= 0.3 is 0 Å². The van der Waals surface area contributed by atoms with Crippen molar-refractivity contribution in [3.8, 4) is 0 Å². The van der Waals surface area contributed by atoms with Crippen LogP contribution in [0.15, 0.2) is 30.5 Å². The molecule has 0 aliphatic carbocycles. The van der Waals surface area contributed by atoms with E-state index < -0.39 is 9.84 Å². The van der Waals surface area contributed by atoms with Crippen LogP contribution >= 0.6 is 0 Å². The summed E-state index contributed by atoms with van der Waals surface area (Å²) < 4.78 is 25.7. The molecule has 0 aliphatic rings. The summed E-state index contributed by atoms with van der Waals surface area (Å²) in [5.41, 5.74) is 7.82. The van der Waals surface area contributed by atoms with Gasteiger partial charge in [0.2, 0.25) is 0 Å². The molecule has 0 fully saturated rings. The van der Waals surface area contributed by atoms with Crippen molar-refractivity contribution in [2.45, 2.75) is 32.2 Å². The molecule has 2 rings (SSSR count). The molecule has 4 nitrogen and oxygen atoms in total. The second-order valence-electron chi connectivity index (χ2n) is 4.98. The number of benzene rings is 1. The molecule has 1 aromatic carbocycles. The standard InChI is InChI=1S/C14H20N2O2S/c1-11(2)19(17,18)8-7-16-10-12(9-15)13-5-3-4-6-14(13)16/h3-6,10-11H,7-9,15H2,1-2H3. The van der Waals surface area contributed by atoms with Crippen LogP contribution in [-0.4, -0.2) is 24.0 Å². The van der Waals surface area contributed by atoms with Gasteiger partial charge in [0.05, 0.1) is 11.0 Å². The fourth-order valence-corrected chi connectivity index (χ4v) is 3.05. The van der Waals surface area contributed by atoms with Crippen LogP contribution < -0.4 is 5.73 Å². The Labute approximate surface area is 114 Å². The molecule has 0 radical (unpaired) electrons. The van der Waals surface area contributed by atoms with Crippen LogP contribution in [-0.2, 0) is 22.9 Å². The molecular weight excluding hydrogens is 260 g/mol. The second-order valence-corrected chi connectivity index (χ2v) is 7.66. The number of hydrogen-bond donors (Lipinski definition) is 1. The molecule has 0 unspecified atom stereocenters. The zero-order valence-electron chi connectivity index (χ0n) is 11.3. The van der Waals surface area contributed by atoms with Crippen molar-refractivity contribution < 1.29 is 8.42 Å². The number of aromatic nitrogens is 1. The van der Waals surface area contributed by atoms with Crippen LogP contribution in [0.2, 0.25) is 0 Å². The number of para-hydroxylation sites is 1. The van der Waals surface area contributed by atoms with Crippen LogP contribution in [0, 0.1) is 0 Å². The van der Waals surface area contributed by atoms with E-state index in [1.54, 1.807) is 13.8 Å². The van der Waals surface area contributed by atoms with Crippen molar-refractivity contribution in [2.24, 2.45) is 5.73 Å². The van der Waals surface area contributed by atoms with Crippen molar-refractivity contribution in [1.29, 1.82) is 0 Å². The first kappa shape index (κ1) is 14.1. The number of aryl methyl sites for hydroxylation is 1. The number of rotatable bonds is 5. The van der Waals surface area contributed by atoms with Crippen LogP contribution in [0.3, 0.4) is 0 Å². The smallest absolute Gasteiger partial charge is 0.154 e. The van der Waals surface area contributed by atoms with Gasteiger partial charge in [0.25, 0.3) is 0 Å². The van der Waals surface area contributed by atoms with E-state index >= 15 is 0 Å². The van der Waals surface area contributed by atoms with Crippen molar-refractivity contribution in [3.05, 3.63) is 36.0 Å². The maximum atomic E-state index is 11.9. The Morgan fingerprint density at radius 2 is 1.95 bits per heavy atom. The number of nitrogens with two attached hydrogens (primary N) is 1. The normalized spacial score (nSPS) is 12.4. The van der Waals surface area contributed by atoms with Crippen LogP contribution in [0.4, 0.5) is 0 Å². The topological polar surface area (TPSA) is 65.1 Å². The number of fused-ring (bicyclic) bond motifs is 1. The van der Waals surface area contributed by atoms with E-state index in [9.17, 15) is 8.42 Å². The number of sulfone groups is 1. The van der Waals surface area contributed by atoms with Crippen LogP contribution in [0.25, 0.3) is 10.9 Å². The largest absolute Gasteiger partial charge is 0.346 e. The summed E-state index contributed by atoms with van der Waals surface area (Å²) >= 11 is 0. The molecule has 1 heterocycles. The van der Waals surface area contributed by atoms with Gasteiger partial charge in [-0.25, -0.2) is 8.42 Å². The molecule has 5 heteroatoms. The van der Waals surface area contributed by atoms with E-state index in [0.717, 1.165) is 16.5 Å². The van der Waals surface area contributed by atoms with Crippen LogP contribution in [0.1, 0.15) is 19.4 Å². The fourth-order valence-electron chi connectivity index (χ4n) is 2.13. The average Bonchev–Trinajstić information content (AvgIpc) is 2.74. The van der Waals surface area contributed by atoms with E-state index in [2.05, 4.69) is 0 Å². The first-order chi connectivity index (χ1) is 8.95. The summed E-state index contributed by atoms with van der Waals surface area (Å²) in [4.78, 5) is 0. The first-order valence-corrected chi connectivity index (χ1v) is 8.15. The predicted octanol–water partition coefficient (Wildman–Crippen LogP) is 1.92. The van der Waals surface area contributed by atoms with Gasteiger partial charge in [-0.05, 0) is 25.5 Å². The summed E-state index contributed by atoms with van der Waals surface area (Å²) in [6.45, 7) is 4.37. The first-order valence-electron chi connectivity index (χ1n) is 6.44. The molecule has 0 amide bonds. The molecule has 0 spiro atoms. The van der Waals surface area contributed by atoms with E-state index in [1.807, 2.05) is 35.0 Å². The highest BCUT2D eigenvalue weighted by Gasteiger charge is 2.16. The minimum Gasteiger partial charge on any atom is -0.346 e. The summed E-state index contributed by atoms with van der Waals surface area (Å²) in [5.74, 6) is 0.160. The van der Waals surface area contributed by atoms with E-state index in [0.29, 0.717) is 13.1 Å². The predicted molar refractivity (Wildman–Crippen MR) is 78.8 cm³/mol. The maximum Gasteiger partial charge on any atom is 0.154 e. The zero-order chi connectivity index (χ0) is 14.0. The highest BCUT2D eigenvalue weighted by molar-refractivity contribution is 7.91. The molecular formula is C14H20N2O2S. The van der Waals surface area contributed by atoms with E-state index in [-0.39, 0.29) is 11.0 Å². The molecule has 0 saturated carbocycles. The third-order valence-corrected chi connectivity index (χ3v) is 5.61. The molecule has 0 bridgehead atoms. The van der Waals surface area contributed by atoms with Crippen molar-refractivity contribution in [1.82, 2.24) is 4.57 Å². The van der Waals surface area contributed by atoms with Crippen molar-refractivity contribution >= 4 is 20.7 Å². The van der Waals surface area contributed by atoms with E-state index in [4.69, 9.17) is 5.73 Å². The van der Waals surface area contributed by atoms with Gasteiger partial charge in [-0.15, -0.1) is 0 Å². The lowest BCUT2D eigenvalue weighted by Crippen LogP contribution is -2.20. The molecule has 2 N–H and O–H groups in total.